The summed E-state index contributed by atoms with van der Waals surface area (Å²) in [5.41, 5.74) is 3.55. The topological polar surface area (TPSA) is 30.2 Å². The van der Waals surface area contributed by atoms with Gasteiger partial charge in [-0.25, -0.2) is 0 Å². The molecule has 0 radical (unpaired) electrons. The first-order valence-corrected chi connectivity index (χ1v) is 7.01. The Morgan fingerprint density at radius 1 is 0.909 bits per heavy atom. The van der Waals surface area contributed by atoms with Gasteiger partial charge in [-0.2, -0.15) is 0 Å². The fourth-order valence-electron chi connectivity index (χ4n) is 2.78. The van der Waals surface area contributed by atoms with Crippen LogP contribution in [-0.4, -0.2) is 5.78 Å². The van der Waals surface area contributed by atoms with Gasteiger partial charge >= 0.3 is 0 Å². The lowest BCUT2D eigenvalue weighted by Crippen LogP contribution is -1.90. The second-order valence-electron chi connectivity index (χ2n) is 5.19. The van der Waals surface area contributed by atoms with Gasteiger partial charge < -0.3 is 4.42 Å². The minimum absolute atomic E-state index is 0.181. The van der Waals surface area contributed by atoms with Crippen molar-refractivity contribution < 1.29 is 13.3 Å². The van der Waals surface area contributed by atoms with E-state index < -0.39 is 12.6 Å². The number of benzene rings is 3. The molecule has 0 saturated heterocycles. The van der Waals surface area contributed by atoms with Gasteiger partial charge in [0, 0.05) is 26.0 Å². The third kappa shape index (κ3) is 1.92. The molecular formula is C20H14O2. The Kier molecular flexibility index (Phi) is 2.19. The third-order valence-electron chi connectivity index (χ3n) is 3.86. The first-order chi connectivity index (χ1) is 11.9. The summed E-state index contributed by atoms with van der Waals surface area (Å²) in [6, 6.07) is 20.4. The Hall–Kier alpha value is -2.87. The molecule has 0 saturated carbocycles. The fraction of sp³-hybridized carbons (Fsp3) is 0.0500. The van der Waals surface area contributed by atoms with E-state index in [2.05, 4.69) is 0 Å². The van der Waals surface area contributed by atoms with Crippen LogP contribution in [0.1, 0.15) is 21.3 Å². The van der Waals surface area contributed by atoms with Crippen molar-refractivity contribution in [2.75, 3.05) is 0 Å². The first-order valence-electron chi connectivity index (χ1n) is 8.51. The number of hydrogen-bond donors (Lipinski definition) is 0. The molecule has 0 N–H and O–H groups in total. The summed E-state index contributed by atoms with van der Waals surface area (Å²) in [5, 5.41) is 2.07. The SMILES string of the molecule is [2H]C([2H])([2H])C(=O)c1ccc(-c2cccc3c2oc2ccccc23)cc1. The molecule has 0 fully saturated rings. The van der Waals surface area contributed by atoms with E-state index in [1.54, 1.807) is 24.3 Å². The highest BCUT2D eigenvalue weighted by Gasteiger charge is 2.11. The maximum Gasteiger partial charge on any atom is 0.159 e. The summed E-state index contributed by atoms with van der Waals surface area (Å²) in [5.74, 6) is -0.846. The lowest BCUT2D eigenvalue weighted by molar-refractivity contribution is 0.101. The van der Waals surface area contributed by atoms with Crippen LogP contribution in [0.3, 0.4) is 0 Å². The second-order valence-corrected chi connectivity index (χ2v) is 5.19. The molecule has 4 aromatic rings. The van der Waals surface area contributed by atoms with E-state index in [4.69, 9.17) is 8.53 Å². The lowest BCUT2D eigenvalue weighted by Gasteiger charge is -2.03. The Bertz CT molecular complexity index is 1090. The highest BCUT2D eigenvalue weighted by atomic mass is 16.3. The number of ketones is 1. The zero-order valence-corrected chi connectivity index (χ0v) is 11.7. The highest BCUT2D eigenvalue weighted by molar-refractivity contribution is 6.09. The molecule has 22 heavy (non-hydrogen) atoms. The number of carbonyl (C=O) groups is 1. The van der Waals surface area contributed by atoms with Gasteiger partial charge in [-0.1, -0.05) is 60.7 Å². The maximum atomic E-state index is 11.9. The summed E-state index contributed by atoms with van der Waals surface area (Å²) < 4.78 is 27.7. The molecule has 106 valence electrons. The van der Waals surface area contributed by atoms with Crippen LogP contribution in [0.15, 0.2) is 71.1 Å². The molecule has 4 rings (SSSR count). The largest absolute Gasteiger partial charge is 0.455 e. The van der Waals surface area contributed by atoms with Crippen LogP contribution in [0.2, 0.25) is 0 Å². The Morgan fingerprint density at radius 3 is 2.50 bits per heavy atom. The molecule has 0 unspecified atom stereocenters. The summed E-state index contributed by atoms with van der Waals surface area (Å²) in [4.78, 5) is 11.9. The summed E-state index contributed by atoms with van der Waals surface area (Å²) >= 11 is 0. The number of para-hydroxylation sites is 2. The van der Waals surface area contributed by atoms with Gasteiger partial charge in [0.25, 0.3) is 0 Å². The molecule has 1 aromatic heterocycles. The summed E-state index contributed by atoms with van der Waals surface area (Å²) in [6.07, 6.45) is 0. The number of rotatable bonds is 2. The standard InChI is InChI=1S/C20H14O2/c1-13(21)14-9-11-15(12-10-14)16-6-4-7-18-17-5-2-3-8-19(17)22-20(16)18/h2-12H,1H3/i1D3. The van der Waals surface area contributed by atoms with Crippen molar-refractivity contribution in [1.29, 1.82) is 0 Å². The molecule has 0 aliphatic rings. The van der Waals surface area contributed by atoms with Gasteiger partial charge in [0.05, 0.1) is 0 Å². The lowest BCUT2D eigenvalue weighted by atomic mass is 10.0. The molecule has 0 spiro atoms. The summed E-state index contributed by atoms with van der Waals surface area (Å²) in [6.45, 7) is -2.62. The molecule has 2 nitrogen and oxygen atoms in total. The first kappa shape index (κ1) is 9.96. The second kappa shape index (κ2) is 4.85. The number of hydrogen-bond acceptors (Lipinski definition) is 2. The van der Waals surface area contributed by atoms with Crippen LogP contribution in [0.4, 0.5) is 0 Å². The van der Waals surface area contributed by atoms with Crippen molar-refractivity contribution in [1.82, 2.24) is 0 Å². The van der Waals surface area contributed by atoms with Crippen molar-refractivity contribution in [3.63, 3.8) is 0 Å². The van der Waals surface area contributed by atoms with Gasteiger partial charge in [0.2, 0.25) is 0 Å². The molecule has 0 aliphatic heterocycles. The van der Waals surface area contributed by atoms with Gasteiger partial charge in [-0.3, -0.25) is 4.79 Å². The normalized spacial score (nSPS) is 13.7. The van der Waals surface area contributed by atoms with Crippen LogP contribution in [-0.2, 0) is 0 Å². The quantitative estimate of drug-likeness (QED) is 0.459. The monoisotopic (exact) mass is 289 g/mol. The average Bonchev–Trinajstić information content (AvgIpc) is 2.99. The van der Waals surface area contributed by atoms with Crippen molar-refractivity contribution in [3.05, 3.63) is 72.3 Å². The van der Waals surface area contributed by atoms with Crippen molar-refractivity contribution in [3.8, 4) is 11.1 Å². The minimum Gasteiger partial charge on any atom is -0.455 e. The number of Topliss-reactive ketones (excluding diaryl/α,β-unsaturated/α-hetero) is 1. The van der Waals surface area contributed by atoms with Crippen molar-refractivity contribution in [2.45, 2.75) is 6.85 Å². The van der Waals surface area contributed by atoms with Gasteiger partial charge in [0.1, 0.15) is 11.2 Å². The van der Waals surface area contributed by atoms with Gasteiger partial charge in [-0.05, 0) is 18.5 Å². The molecule has 0 amide bonds. The predicted molar refractivity (Wildman–Crippen MR) is 89.2 cm³/mol. The minimum atomic E-state index is -2.62. The Labute approximate surface area is 132 Å². The van der Waals surface area contributed by atoms with Crippen LogP contribution < -0.4 is 0 Å². The molecule has 0 aliphatic carbocycles. The molecule has 3 aromatic carbocycles. The van der Waals surface area contributed by atoms with E-state index in [0.717, 1.165) is 33.1 Å². The number of furan rings is 1. The number of carbonyl (C=O) groups excluding carboxylic acids is 1. The molecular weight excluding hydrogens is 272 g/mol. The molecule has 2 heteroatoms. The van der Waals surface area contributed by atoms with E-state index in [1.807, 2.05) is 42.5 Å². The molecule has 0 atom stereocenters. The molecule has 1 heterocycles. The summed E-state index contributed by atoms with van der Waals surface area (Å²) in [7, 11) is 0. The van der Waals surface area contributed by atoms with Gasteiger partial charge in [-0.15, -0.1) is 0 Å². The van der Waals surface area contributed by atoms with Crippen molar-refractivity contribution >= 4 is 27.7 Å². The Morgan fingerprint density at radius 2 is 1.68 bits per heavy atom. The van der Waals surface area contributed by atoms with E-state index in [0.29, 0.717) is 0 Å². The number of fused-ring (bicyclic) bond motifs is 3. The third-order valence-corrected chi connectivity index (χ3v) is 3.86. The van der Waals surface area contributed by atoms with E-state index in [9.17, 15) is 4.79 Å². The average molecular weight is 289 g/mol. The fourth-order valence-corrected chi connectivity index (χ4v) is 2.78. The van der Waals surface area contributed by atoms with Gasteiger partial charge in [0.15, 0.2) is 5.78 Å². The van der Waals surface area contributed by atoms with Crippen LogP contribution in [0.5, 0.6) is 0 Å². The Balaban J connectivity index is 1.84. The zero-order chi connectivity index (χ0) is 17.6. The van der Waals surface area contributed by atoms with E-state index in [-0.39, 0.29) is 5.56 Å². The predicted octanol–water partition coefficient (Wildman–Crippen LogP) is 5.46. The molecule has 0 bridgehead atoms. The zero-order valence-electron chi connectivity index (χ0n) is 14.7. The van der Waals surface area contributed by atoms with Crippen LogP contribution in [0, 0.1) is 0 Å². The van der Waals surface area contributed by atoms with E-state index >= 15 is 0 Å². The van der Waals surface area contributed by atoms with Crippen molar-refractivity contribution in [2.24, 2.45) is 0 Å². The van der Waals surface area contributed by atoms with E-state index in [1.165, 1.54) is 0 Å². The smallest absolute Gasteiger partial charge is 0.159 e. The maximum absolute atomic E-state index is 11.9. The highest BCUT2D eigenvalue weighted by Crippen LogP contribution is 2.35. The van der Waals surface area contributed by atoms with Crippen LogP contribution in [0.25, 0.3) is 33.1 Å². The van der Waals surface area contributed by atoms with Crippen LogP contribution >= 0.6 is 0 Å².